The zero-order chi connectivity index (χ0) is 12.4. The molecule has 1 aromatic heterocycles. The molecule has 3 rings (SSSR count). The first-order valence-electron chi connectivity index (χ1n) is 6.27. The maximum absolute atomic E-state index is 5.34. The molecule has 4 nitrogen and oxygen atoms in total. The van der Waals surface area contributed by atoms with Crippen LogP contribution in [-0.4, -0.2) is 31.2 Å². The van der Waals surface area contributed by atoms with Crippen molar-refractivity contribution in [1.82, 2.24) is 10.3 Å². The second-order valence-corrected chi connectivity index (χ2v) is 5.53. The lowest BCUT2D eigenvalue weighted by Gasteiger charge is -2.23. The van der Waals surface area contributed by atoms with Crippen LogP contribution in [0.4, 0.5) is 5.13 Å². The fourth-order valence-electron chi connectivity index (χ4n) is 2.29. The highest BCUT2D eigenvalue weighted by Gasteiger charge is 2.15. The topological polar surface area (TPSA) is 46.2 Å². The molecule has 0 aliphatic carbocycles. The minimum absolute atomic E-state index is 0.540. The Morgan fingerprint density at radius 3 is 3.00 bits per heavy atom. The van der Waals surface area contributed by atoms with Gasteiger partial charge in [0.05, 0.1) is 11.8 Å². The van der Waals surface area contributed by atoms with E-state index in [9.17, 15) is 0 Å². The van der Waals surface area contributed by atoms with E-state index in [2.05, 4.69) is 21.7 Å². The molecular weight excluding hydrogens is 246 g/mol. The van der Waals surface area contributed by atoms with E-state index in [0.717, 1.165) is 42.3 Å². The summed E-state index contributed by atoms with van der Waals surface area (Å²) in [6.07, 6.45) is 2.32. The van der Waals surface area contributed by atoms with E-state index in [-0.39, 0.29) is 0 Å². The van der Waals surface area contributed by atoms with Gasteiger partial charge in [0.1, 0.15) is 11.3 Å². The van der Waals surface area contributed by atoms with Crippen molar-refractivity contribution in [3.63, 3.8) is 0 Å². The van der Waals surface area contributed by atoms with Gasteiger partial charge in [0.15, 0.2) is 5.13 Å². The van der Waals surface area contributed by atoms with Crippen LogP contribution in [0.15, 0.2) is 18.2 Å². The predicted octanol–water partition coefficient (Wildman–Crippen LogP) is 2.47. The van der Waals surface area contributed by atoms with Crippen LogP contribution in [0, 0.1) is 0 Å². The number of para-hydroxylation sites is 1. The molecule has 0 bridgehead atoms. The number of aromatic nitrogens is 1. The van der Waals surface area contributed by atoms with Crippen molar-refractivity contribution in [1.29, 1.82) is 0 Å². The zero-order valence-corrected chi connectivity index (χ0v) is 11.2. The normalized spacial score (nSPS) is 16.9. The highest BCUT2D eigenvalue weighted by Crippen LogP contribution is 2.32. The van der Waals surface area contributed by atoms with Gasteiger partial charge in [0.25, 0.3) is 0 Å². The van der Waals surface area contributed by atoms with Gasteiger partial charge in [0, 0.05) is 6.04 Å². The summed E-state index contributed by atoms with van der Waals surface area (Å²) in [5.74, 6) is 0.849. The van der Waals surface area contributed by atoms with Crippen molar-refractivity contribution in [2.24, 2.45) is 0 Å². The van der Waals surface area contributed by atoms with Gasteiger partial charge in [-0.1, -0.05) is 17.4 Å². The molecule has 1 saturated heterocycles. The molecule has 2 heterocycles. The van der Waals surface area contributed by atoms with Gasteiger partial charge < -0.3 is 15.4 Å². The van der Waals surface area contributed by atoms with Crippen LogP contribution >= 0.6 is 11.3 Å². The molecule has 1 aliphatic rings. The Hall–Kier alpha value is -1.33. The molecular formula is C13H17N3OS. The lowest BCUT2D eigenvalue weighted by Crippen LogP contribution is -2.35. The number of nitrogens with zero attached hydrogens (tertiary/aromatic N) is 1. The van der Waals surface area contributed by atoms with E-state index in [1.54, 1.807) is 18.4 Å². The number of hydrogen-bond acceptors (Lipinski definition) is 5. The third kappa shape index (κ3) is 2.28. The quantitative estimate of drug-likeness (QED) is 0.893. The van der Waals surface area contributed by atoms with Crippen molar-refractivity contribution in [3.05, 3.63) is 18.2 Å². The zero-order valence-electron chi connectivity index (χ0n) is 10.4. The first-order valence-corrected chi connectivity index (χ1v) is 7.09. The fraction of sp³-hybridized carbons (Fsp3) is 0.462. The van der Waals surface area contributed by atoms with Crippen LogP contribution in [0.3, 0.4) is 0 Å². The Bertz CT molecular complexity index is 534. The number of piperidine rings is 1. The van der Waals surface area contributed by atoms with Crippen LogP contribution < -0.4 is 15.4 Å². The molecule has 0 unspecified atom stereocenters. The van der Waals surface area contributed by atoms with Gasteiger partial charge in [-0.2, -0.15) is 0 Å². The van der Waals surface area contributed by atoms with Gasteiger partial charge in [-0.15, -0.1) is 0 Å². The summed E-state index contributed by atoms with van der Waals surface area (Å²) in [5, 5.41) is 7.90. The monoisotopic (exact) mass is 263 g/mol. The van der Waals surface area contributed by atoms with Crippen LogP contribution in [-0.2, 0) is 0 Å². The Morgan fingerprint density at radius 2 is 2.22 bits per heavy atom. The third-order valence-electron chi connectivity index (χ3n) is 3.27. The largest absolute Gasteiger partial charge is 0.494 e. The number of fused-ring (bicyclic) bond motifs is 1. The van der Waals surface area contributed by atoms with E-state index >= 15 is 0 Å². The van der Waals surface area contributed by atoms with Crippen LogP contribution in [0.25, 0.3) is 10.2 Å². The molecule has 1 aromatic carbocycles. The van der Waals surface area contributed by atoms with E-state index in [4.69, 9.17) is 4.74 Å². The number of thiazole rings is 1. The summed E-state index contributed by atoms with van der Waals surface area (Å²) >= 11 is 1.70. The van der Waals surface area contributed by atoms with Crippen molar-refractivity contribution in [3.8, 4) is 5.75 Å². The molecule has 96 valence electrons. The minimum atomic E-state index is 0.540. The molecule has 2 N–H and O–H groups in total. The summed E-state index contributed by atoms with van der Waals surface area (Å²) in [7, 11) is 1.69. The molecule has 0 spiro atoms. The van der Waals surface area contributed by atoms with Gasteiger partial charge >= 0.3 is 0 Å². The van der Waals surface area contributed by atoms with Crippen LogP contribution in [0.5, 0.6) is 5.75 Å². The Morgan fingerprint density at radius 1 is 1.39 bits per heavy atom. The maximum Gasteiger partial charge on any atom is 0.184 e. The number of nitrogens with one attached hydrogen (secondary N) is 2. The summed E-state index contributed by atoms with van der Waals surface area (Å²) < 4.78 is 6.51. The molecule has 1 fully saturated rings. The van der Waals surface area contributed by atoms with Gasteiger partial charge in [-0.05, 0) is 38.1 Å². The standard InChI is InChI=1S/C13H17N3OS/c1-17-10-3-2-4-11-12(10)16-13(18-11)15-9-5-7-14-8-6-9/h2-4,9,14H,5-8H2,1H3,(H,15,16). The molecule has 0 atom stereocenters. The Kier molecular flexibility index (Phi) is 3.34. The second kappa shape index (κ2) is 5.12. The van der Waals surface area contributed by atoms with E-state index < -0.39 is 0 Å². The molecule has 0 amide bonds. The van der Waals surface area contributed by atoms with E-state index in [0.29, 0.717) is 6.04 Å². The number of anilines is 1. The second-order valence-electron chi connectivity index (χ2n) is 4.49. The maximum atomic E-state index is 5.34. The molecule has 5 heteroatoms. The SMILES string of the molecule is COc1cccc2sc(NC3CCNCC3)nc12. The lowest BCUT2D eigenvalue weighted by molar-refractivity contribution is 0.419. The predicted molar refractivity (Wildman–Crippen MR) is 75.7 cm³/mol. The summed E-state index contributed by atoms with van der Waals surface area (Å²) in [5.41, 5.74) is 0.960. The van der Waals surface area contributed by atoms with E-state index in [1.165, 1.54) is 4.70 Å². The average Bonchev–Trinajstić information content (AvgIpc) is 2.82. The van der Waals surface area contributed by atoms with Crippen LogP contribution in [0.2, 0.25) is 0 Å². The van der Waals surface area contributed by atoms with E-state index in [1.807, 2.05) is 12.1 Å². The highest BCUT2D eigenvalue weighted by molar-refractivity contribution is 7.22. The highest BCUT2D eigenvalue weighted by atomic mass is 32.1. The third-order valence-corrected chi connectivity index (χ3v) is 4.22. The Labute approximate surface area is 110 Å². The molecule has 0 radical (unpaired) electrons. The first kappa shape index (κ1) is 11.7. The smallest absolute Gasteiger partial charge is 0.184 e. The molecule has 18 heavy (non-hydrogen) atoms. The van der Waals surface area contributed by atoms with Crippen molar-refractivity contribution >= 4 is 26.7 Å². The lowest BCUT2D eigenvalue weighted by atomic mass is 10.1. The minimum Gasteiger partial charge on any atom is -0.494 e. The van der Waals surface area contributed by atoms with Gasteiger partial charge in [-0.25, -0.2) is 4.98 Å². The number of rotatable bonds is 3. The first-order chi connectivity index (χ1) is 8.86. The van der Waals surface area contributed by atoms with Crippen molar-refractivity contribution in [2.75, 3.05) is 25.5 Å². The van der Waals surface area contributed by atoms with Crippen molar-refractivity contribution in [2.45, 2.75) is 18.9 Å². The molecule has 1 aliphatic heterocycles. The summed E-state index contributed by atoms with van der Waals surface area (Å²) in [6, 6.07) is 6.59. The number of hydrogen-bond donors (Lipinski definition) is 2. The molecule has 2 aromatic rings. The van der Waals surface area contributed by atoms with Crippen molar-refractivity contribution < 1.29 is 4.74 Å². The van der Waals surface area contributed by atoms with Gasteiger partial charge in [0.2, 0.25) is 0 Å². The fourth-order valence-corrected chi connectivity index (χ4v) is 3.25. The average molecular weight is 263 g/mol. The summed E-state index contributed by atoms with van der Waals surface area (Å²) in [6.45, 7) is 2.18. The number of methoxy groups -OCH3 is 1. The van der Waals surface area contributed by atoms with Crippen LogP contribution in [0.1, 0.15) is 12.8 Å². The van der Waals surface area contributed by atoms with Gasteiger partial charge in [-0.3, -0.25) is 0 Å². The summed E-state index contributed by atoms with van der Waals surface area (Å²) in [4.78, 5) is 4.64. The number of benzene rings is 1. The number of ether oxygens (including phenoxy) is 1. The molecule has 0 saturated carbocycles. The Balaban J connectivity index is 1.84.